The maximum absolute atomic E-state index is 12.6. The highest BCUT2D eigenvalue weighted by Crippen LogP contribution is 2.33. The molecule has 1 heterocycles. The van der Waals surface area contributed by atoms with Gasteiger partial charge in [0.1, 0.15) is 11.5 Å². The van der Waals surface area contributed by atoms with Crippen molar-refractivity contribution in [2.75, 3.05) is 23.4 Å². The van der Waals surface area contributed by atoms with Crippen LogP contribution in [-0.4, -0.2) is 35.9 Å². The normalized spacial score (nSPS) is 13.0. The van der Waals surface area contributed by atoms with Gasteiger partial charge in [0.15, 0.2) is 12.4 Å². The fraction of sp³-hybridized carbons (Fsp3) is 0.174. The number of nitrogens with one attached hydrogen (secondary N) is 1. The van der Waals surface area contributed by atoms with E-state index in [9.17, 15) is 19.5 Å². The predicted octanol–water partition coefficient (Wildman–Crippen LogP) is 3.50. The summed E-state index contributed by atoms with van der Waals surface area (Å²) in [6, 6.07) is 15.3. The van der Waals surface area contributed by atoms with Gasteiger partial charge in [-0.25, -0.2) is 0 Å². The van der Waals surface area contributed by atoms with Crippen LogP contribution < -0.4 is 15.0 Å². The summed E-state index contributed by atoms with van der Waals surface area (Å²) in [4.78, 5) is 38.1. The van der Waals surface area contributed by atoms with Crippen LogP contribution in [0.15, 0.2) is 54.6 Å². The largest absolute Gasteiger partial charge is 0.507 e. The summed E-state index contributed by atoms with van der Waals surface area (Å²) in [5.74, 6) is -0.0156. The van der Waals surface area contributed by atoms with E-state index in [1.54, 1.807) is 48.5 Å². The Balaban J connectivity index is 1.51. The topological polar surface area (TPSA) is 95.9 Å². The molecule has 2 N–H and O–H groups in total. The van der Waals surface area contributed by atoms with Crippen LogP contribution in [0.25, 0.3) is 10.8 Å². The van der Waals surface area contributed by atoms with Crippen molar-refractivity contribution in [3.05, 3.63) is 60.2 Å². The maximum atomic E-state index is 12.6. The molecule has 152 valence electrons. The molecule has 0 unspecified atom stereocenters. The lowest BCUT2D eigenvalue weighted by molar-refractivity contribution is -0.121. The van der Waals surface area contributed by atoms with Crippen LogP contribution in [0.4, 0.5) is 11.4 Å². The van der Waals surface area contributed by atoms with Crippen LogP contribution in [0.2, 0.25) is 0 Å². The first-order valence-electron chi connectivity index (χ1n) is 9.53. The predicted molar refractivity (Wildman–Crippen MR) is 113 cm³/mol. The lowest BCUT2D eigenvalue weighted by atomic mass is 10.1. The average Bonchev–Trinajstić information content (AvgIpc) is 2.73. The van der Waals surface area contributed by atoms with E-state index >= 15 is 0 Å². The van der Waals surface area contributed by atoms with E-state index in [1.165, 1.54) is 11.8 Å². The van der Waals surface area contributed by atoms with E-state index in [-0.39, 0.29) is 42.9 Å². The smallest absolute Gasteiger partial charge is 0.265 e. The van der Waals surface area contributed by atoms with Gasteiger partial charge in [-0.15, -0.1) is 0 Å². The molecule has 3 aromatic rings. The zero-order valence-electron chi connectivity index (χ0n) is 16.3. The minimum atomic E-state index is -0.272. The molecule has 0 radical (unpaired) electrons. The van der Waals surface area contributed by atoms with Gasteiger partial charge in [-0.2, -0.15) is 0 Å². The first kappa shape index (κ1) is 19.4. The standard InChI is InChI=1S/C23H20N2O5/c1-14(26)15-8-9-21-19(12-15)25(23(29)13-30-21)11-10-22(28)24-18-6-2-5-17-16(18)4-3-7-20(17)27/h2-9,12,27H,10-11,13H2,1H3,(H,24,28). The Labute approximate surface area is 172 Å². The Morgan fingerprint density at radius 1 is 1.10 bits per heavy atom. The summed E-state index contributed by atoms with van der Waals surface area (Å²) < 4.78 is 5.44. The Hall–Kier alpha value is -3.87. The molecule has 7 nitrogen and oxygen atoms in total. The molecule has 1 aliphatic rings. The van der Waals surface area contributed by atoms with Crippen LogP contribution in [0.3, 0.4) is 0 Å². The number of ketones is 1. The van der Waals surface area contributed by atoms with Gasteiger partial charge < -0.3 is 20.1 Å². The molecule has 0 aromatic heterocycles. The monoisotopic (exact) mass is 404 g/mol. The molecule has 0 spiro atoms. The molecule has 0 bridgehead atoms. The molecule has 3 aromatic carbocycles. The molecular formula is C23H20N2O5. The van der Waals surface area contributed by atoms with Crippen LogP contribution in [-0.2, 0) is 9.59 Å². The van der Waals surface area contributed by atoms with E-state index in [1.807, 2.05) is 6.07 Å². The minimum Gasteiger partial charge on any atom is -0.507 e. The number of rotatable bonds is 5. The van der Waals surface area contributed by atoms with Gasteiger partial charge >= 0.3 is 0 Å². The van der Waals surface area contributed by atoms with E-state index in [4.69, 9.17) is 4.74 Å². The third-order valence-electron chi connectivity index (χ3n) is 5.04. The molecule has 0 saturated heterocycles. The fourth-order valence-electron chi connectivity index (χ4n) is 3.49. The maximum Gasteiger partial charge on any atom is 0.265 e. The summed E-state index contributed by atoms with van der Waals surface area (Å²) in [7, 11) is 0. The van der Waals surface area contributed by atoms with Gasteiger partial charge in [0.25, 0.3) is 5.91 Å². The van der Waals surface area contributed by atoms with Crippen molar-refractivity contribution < 1.29 is 24.2 Å². The van der Waals surface area contributed by atoms with Crippen molar-refractivity contribution in [1.29, 1.82) is 0 Å². The SMILES string of the molecule is CC(=O)c1ccc2c(c1)N(CCC(=O)Nc1cccc3c(O)cccc13)C(=O)CO2. The van der Waals surface area contributed by atoms with Crippen molar-refractivity contribution in [1.82, 2.24) is 0 Å². The first-order chi connectivity index (χ1) is 14.4. The van der Waals surface area contributed by atoms with Crippen LogP contribution in [0.5, 0.6) is 11.5 Å². The number of nitrogens with zero attached hydrogens (tertiary/aromatic N) is 1. The zero-order chi connectivity index (χ0) is 21.3. The number of ether oxygens (including phenoxy) is 1. The Morgan fingerprint density at radius 2 is 1.87 bits per heavy atom. The summed E-state index contributed by atoms with van der Waals surface area (Å²) in [5, 5.41) is 14.2. The van der Waals surface area contributed by atoms with Gasteiger partial charge in [0.05, 0.1) is 5.69 Å². The van der Waals surface area contributed by atoms with Crippen molar-refractivity contribution in [2.24, 2.45) is 0 Å². The number of carbonyl (C=O) groups excluding carboxylic acids is 3. The second-order valence-corrected chi connectivity index (χ2v) is 7.05. The number of phenolic OH excluding ortho intramolecular Hbond substituents is 1. The second kappa shape index (κ2) is 7.87. The van der Waals surface area contributed by atoms with Gasteiger partial charge in [-0.05, 0) is 37.3 Å². The zero-order valence-corrected chi connectivity index (χ0v) is 16.3. The highest BCUT2D eigenvalue weighted by atomic mass is 16.5. The lowest BCUT2D eigenvalue weighted by Crippen LogP contribution is -2.40. The van der Waals surface area contributed by atoms with Gasteiger partial charge in [0.2, 0.25) is 5.91 Å². The summed E-state index contributed by atoms with van der Waals surface area (Å²) in [6.07, 6.45) is 0.0602. The van der Waals surface area contributed by atoms with Crippen molar-refractivity contribution in [3.8, 4) is 11.5 Å². The Morgan fingerprint density at radius 3 is 2.67 bits per heavy atom. The highest BCUT2D eigenvalue weighted by Gasteiger charge is 2.26. The van der Waals surface area contributed by atoms with E-state index in [2.05, 4.69) is 5.32 Å². The minimum absolute atomic E-state index is 0.0602. The molecular weight excluding hydrogens is 384 g/mol. The third kappa shape index (κ3) is 3.69. The molecule has 4 rings (SSSR count). The number of aromatic hydroxyl groups is 1. The molecule has 30 heavy (non-hydrogen) atoms. The molecule has 0 fully saturated rings. The Kier molecular flexibility index (Phi) is 5.10. The number of fused-ring (bicyclic) bond motifs is 2. The number of benzene rings is 3. The molecule has 1 aliphatic heterocycles. The van der Waals surface area contributed by atoms with Crippen molar-refractivity contribution in [3.63, 3.8) is 0 Å². The summed E-state index contributed by atoms with van der Waals surface area (Å²) in [6.45, 7) is 1.49. The average molecular weight is 404 g/mol. The number of carbonyl (C=O) groups is 3. The molecule has 0 atom stereocenters. The number of hydrogen-bond donors (Lipinski definition) is 2. The molecule has 0 saturated carbocycles. The molecule has 2 amide bonds. The van der Waals surface area contributed by atoms with Gasteiger partial charge in [0, 0.05) is 35.0 Å². The lowest BCUT2D eigenvalue weighted by Gasteiger charge is -2.29. The number of amides is 2. The van der Waals surface area contributed by atoms with Crippen LogP contribution in [0.1, 0.15) is 23.7 Å². The number of anilines is 2. The van der Waals surface area contributed by atoms with E-state index in [0.29, 0.717) is 28.1 Å². The Bertz CT molecular complexity index is 1170. The van der Waals surface area contributed by atoms with Crippen molar-refractivity contribution >= 4 is 39.7 Å². The van der Waals surface area contributed by atoms with Gasteiger partial charge in [-0.1, -0.05) is 24.3 Å². The summed E-state index contributed by atoms with van der Waals surface area (Å²) >= 11 is 0. The second-order valence-electron chi connectivity index (χ2n) is 7.05. The first-order valence-corrected chi connectivity index (χ1v) is 9.53. The summed E-state index contributed by atoms with van der Waals surface area (Å²) in [5.41, 5.74) is 1.54. The van der Waals surface area contributed by atoms with E-state index in [0.717, 1.165) is 5.39 Å². The molecule has 0 aliphatic carbocycles. The molecule has 7 heteroatoms. The van der Waals surface area contributed by atoms with Crippen LogP contribution >= 0.6 is 0 Å². The van der Waals surface area contributed by atoms with Gasteiger partial charge in [-0.3, -0.25) is 14.4 Å². The van der Waals surface area contributed by atoms with Crippen molar-refractivity contribution in [2.45, 2.75) is 13.3 Å². The fourth-order valence-corrected chi connectivity index (χ4v) is 3.49. The number of hydrogen-bond acceptors (Lipinski definition) is 5. The quantitative estimate of drug-likeness (QED) is 0.635. The van der Waals surface area contributed by atoms with Crippen LogP contribution in [0, 0.1) is 0 Å². The number of Topliss-reactive ketones (excluding diaryl/α,β-unsaturated/α-hetero) is 1. The number of phenols is 1. The highest BCUT2D eigenvalue weighted by molar-refractivity contribution is 6.05. The third-order valence-corrected chi connectivity index (χ3v) is 5.04. The van der Waals surface area contributed by atoms with E-state index < -0.39 is 0 Å².